The van der Waals surface area contributed by atoms with Gasteiger partial charge in [0.05, 0.1) is 5.56 Å². The average molecular weight is 319 g/mol. The molecule has 1 saturated heterocycles. The molecule has 1 aliphatic heterocycles. The quantitative estimate of drug-likeness (QED) is 0.870. The van der Waals surface area contributed by atoms with Gasteiger partial charge in [-0.25, -0.2) is 4.98 Å². The number of carbonyl (C=O) groups is 1. The highest BCUT2D eigenvalue weighted by Gasteiger charge is 2.26. The molecule has 1 aliphatic rings. The molecule has 22 heavy (non-hydrogen) atoms. The van der Waals surface area contributed by atoms with E-state index >= 15 is 0 Å². The summed E-state index contributed by atoms with van der Waals surface area (Å²) in [6.45, 7) is 4.20. The Labute approximate surface area is 134 Å². The minimum atomic E-state index is 0.152. The van der Waals surface area contributed by atoms with Gasteiger partial charge in [-0.05, 0) is 31.2 Å². The van der Waals surface area contributed by atoms with Crippen molar-refractivity contribution in [2.24, 2.45) is 0 Å². The van der Waals surface area contributed by atoms with Crippen LogP contribution in [-0.4, -0.2) is 40.6 Å². The maximum absolute atomic E-state index is 12.4. The van der Waals surface area contributed by atoms with Crippen LogP contribution in [0.2, 0.25) is 0 Å². The van der Waals surface area contributed by atoms with E-state index in [2.05, 4.69) is 16.5 Å². The third-order valence-electron chi connectivity index (χ3n) is 4.22. The molecule has 2 aromatic heterocycles. The zero-order valence-electron chi connectivity index (χ0n) is 13.0. The first-order valence-electron chi connectivity index (χ1n) is 7.54. The topological polar surface area (TPSA) is 47.4 Å². The molecule has 0 N–H and O–H groups in total. The van der Waals surface area contributed by atoms with Crippen molar-refractivity contribution in [3.8, 4) is 0 Å². The van der Waals surface area contributed by atoms with E-state index in [-0.39, 0.29) is 5.91 Å². The summed E-state index contributed by atoms with van der Waals surface area (Å²) in [4.78, 5) is 18.8. The number of amides is 1. The summed E-state index contributed by atoms with van der Waals surface area (Å²) in [5.41, 5.74) is 1.97. The second-order valence-electron chi connectivity index (χ2n) is 5.65. The van der Waals surface area contributed by atoms with Gasteiger partial charge in [0, 0.05) is 43.5 Å². The molecule has 0 saturated carbocycles. The molecule has 1 fully saturated rings. The third-order valence-corrected chi connectivity index (χ3v) is 4.90. The number of hydrogen-bond donors (Lipinski definition) is 0. The predicted octanol–water partition coefficient (Wildman–Crippen LogP) is 2.88. The molecule has 0 radical (unpaired) electrons. The van der Waals surface area contributed by atoms with Crippen LogP contribution in [-0.2, 0) is 11.3 Å². The first kappa shape index (κ1) is 15.2. The lowest BCUT2D eigenvalue weighted by Gasteiger charge is -2.33. The summed E-state index contributed by atoms with van der Waals surface area (Å²) in [5.74, 6) is 1.13. The largest absolute Gasteiger partial charge is 0.377 e. The standard InChI is InChI=1S/C16H21N3O2S/c1-12-9-17-15(10-21-2)19(12)14-3-6-18(7-4-14)16(20)13-5-8-22-11-13/h5,8-9,11,14H,3-4,6-7,10H2,1-2H3. The molecular formula is C16H21N3O2S. The highest BCUT2D eigenvalue weighted by molar-refractivity contribution is 7.08. The molecule has 0 aliphatic carbocycles. The van der Waals surface area contributed by atoms with Crippen LogP contribution in [0.3, 0.4) is 0 Å². The van der Waals surface area contributed by atoms with E-state index < -0.39 is 0 Å². The number of aromatic nitrogens is 2. The number of thiophene rings is 1. The molecule has 0 bridgehead atoms. The Morgan fingerprint density at radius 3 is 2.86 bits per heavy atom. The van der Waals surface area contributed by atoms with Gasteiger partial charge in [-0.3, -0.25) is 4.79 Å². The number of piperidine rings is 1. The summed E-state index contributed by atoms with van der Waals surface area (Å²) < 4.78 is 7.51. The molecule has 3 heterocycles. The van der Waals surface area contributed by atoms with Gasteiger partial charge in [0.25, 0.3) is 5.91 Å². The Hall–Kier alpha value is -1.66. The molecule has 2 aromatic rings. The van der Waals surface area contributed by atoms with Crippen molar-refractivity contribution in [2.75, 3.05) is 20.2 Å². The molecule has 118 valence electrons. The molecule has 3 rings (SSSR count). The number of aryl methyl sites for hydroxylation is 1. The van der Waals surface area contributed by atoms with Crippen LogP contribution in [0.25, 0.3) is 0 Å². The van der Waals surface area contributed by atoms with Gasteiger partial charge in [-0.15, -0.1) is 0 Å². The van der Waals surface area contributed by atoms with E-state index in [1.54, 1.807) is 18.4 Å². The van der Waals surface area contributed by atoms with Crippen molar-refractivity contribution in [1.82, 2.24) is 14.5 Å². The zero-order chi connectivity index (χ0) is 15.5. The Morgan fingerprint density at radius 2 is 2.23 bits per heavy atom. The average Bonchev–Trinajstić information content (AvgIpc) is 3.18. The van der Waals surface area contributed by atoms with Gasteiger partial charge >= 0.3 is 0 Å². The van der Waals surface area contributed by atoms with E-state index in [1.807, 2.05) is 27.9 Å². The van der Waals surface area contributed by atoms with E-state index in [9.17, 15) is 4.79 Å². The molecule has 0 spiro atoms. The molecular weight excluding hydrogens is 298 g/mol. The Bertz CT molecular complexity index is 628. The summed E-state index contributed by atoms with van der Waals surface area (Å²) in [6.07, 6.45) is 3.82. The van der Waals surface area contributed by atoms with Crippen molar-refractivity contribution in [1.29, 1.82) is 0 Å². The number of rotatable bonds is 4. The van der Waals surface area contributed by atoms with Gasteiger partial charge in [0.2, 0.25) is 0 Å². The van der Waals surface area contributed by atoms with Crippen LogP contribution in [0.4, 0.5) is 0 Å². The van der Waals surface area contributed by atoms with Gasteiger partial charge in [-0.2, -0.15) is 11.3 Å². The maximum Gasteiger partial charge on any atom is 0.254 e. The van der Waals surface area contributed by atoms with E-state index in [1.165, 1.54) is 0 Å². The minimum Gasteiger partial charge on any atom is -0.377 e. The van der Waals surface area contributed by atoms with Crippen LogP contribution in [0.15, 0.2) is 23.0 Å². The second-order valence-corrected chi connectivity index (χ2v) is 6.43. The van der Waals surface area contributed by atoms with Crippen LogP contribution in [0.1, 0.15) is 40.8 Å². The lowest BCUT2D eigenvalue weighted by molar-refractivity contribution is 0.0690. The highest BCUT2D eigenvalue weighted by Crippen LogP contribution is 2.27. The molecule has 0 unspecified atom stereocenters. The lowest BCUT2D eigenvalue weighted by atomic mass is 10.0. The predicted molar refractivity (Wildman–Crippen MR) is 86.2 cm³/mol. The fraction of sp³-hybridized carbons (Fsp3) is 0.500. The molecule has 0 atom stereocenters. The van der Waals surface area contributed by atoms with Crippen LogP contribution in [0, 0.1) is 6.92 Å². The van der Waals surface area contributed by atoms with Crippen molar-refractivity contribution < 1.29 is 9.53 Å². The van der Waals surface area contributed by atoms with Gasteiger partial charge in [0.1, 0.15) is 12.4 Å². The Kier molecular flexibility index (Phi) is 4.59. The van der Waals surface area contributed by atoms with Crippen molar-refractivity contribution in [3.63, 3.8) is 0 Å². The van der Waals surface area contributed by atoms with Gasteiger partial charge in [-0.1, -0.05) is 0 Å². The number of likely N-dealkylation sites (tertiary alicyclic amines) is 1. The molecule has 0 aromatic carbocycles. The SMILES string of the molecule is COCc1ncc(C)n1C1CCN(C(=O)c2ccsc2)CC1. The summed E-state index contributed by atoms with van der Waals surface area (Å²) >= 11 is 1.57. The fourth-order valence-electron chi connectivity index (χ4n) is 3.13. The molecule has 1 amide bonds. The maximum atomic E-state index is 12.4. The van der Waals surface area contributed by atoms with Gasteiger partial charge < -0.3 is 14.2 Å². The Balaban J connectivity index is 1.67. The van der Waals surface area contributed by atoms with E-state index in [4.69, 9.17) is 4.74 Å². The Morgan fingerprint density at radius 1 is 1.45 bits per heavy atom. The minimum absolute atomic E-state index is 0.152. The van der Waals surface area contributed by atoms with Gasteiger partial charge in [0.15, 0.2) is 0 Å². The van der Waals surface area contributed by atoms with Crippen molar-refractivity contribution in [2.45, 2.75) is 32.4 Å². The normalized spacial score (nSPS) is 16.2. The fourth-order valence-corrected chi connectivity index (χ4v) is 3.76. The summed E-state index contributed by atoms with van der Waals surface area (Å²) in [6, 6.07) is 2.30. The van der Waals surface area contributed by atoms with E-state index in [0.717, 1.165) is 43.0 Å². The number of imidazole rings is 1. The highest BCUT2D eigenvalue weighted by atomic mass is 32.1. The van der Waals surface area contributed by atoms with Crippen molar-refractivity contribution >= 4 is 17.2 Å². The summed E-state index contributed by atoms with van der Waals surface area (Å²) in [5, 5.41) is 3.87. The second kappa shape index (κ2) is 6.62. The first-order valence-corrected chi connectivity index (χ1v) is 8.48. The first-order chi connectivity index (χ1) is 10.7. The smallest absolute Gasteiger partial charge is 0.254 e. The van der Waals surface area contributed by atoms with Crippen LogP contribution >= 0.6 is 11.3 Å². The number of carbonyl (C=O) groups excluding carboxylic acids is 1. The van der Waals surface area contributed by atoms with Crippen LogP contribution < -0.4 is 0 Å². The van der Waals surface area contributed by atoms with Crippen LogP contribution in [0.5, 0.6) is 0 Å². The lowest BCUT2D eigenvalue weighted by Crippen LogP contribution is -2.39. The number of nitrogens with zero attached hydrogens (tertiary/aromatic N) is 3. The van der Waals surface area contributed by atoms with E-state index in [0.29, 0.717) is 12.6 Å². The number of hydrogen-bond acceptors (Lipinski definition) is 4. The third kappa shape index (κ3) is 2.94. The monoisotopic (exact) mass is 319 g/mol. The zero-order valence-corrected chi connectivity index (χ0v) is 13.8. The molecule has 6 heteroatoms. The summed E-state index contributed by atoms with van der Waals surface area (Å²) in [7, 11) is 1.69. The number of ether oxygens (including phenoxy) is 1. The van der Waals surface area contributed by atoms with Crippen molar-refractivity contribution in [3.05, 3.63) is 40.1 Å². The molecule has 5 nitrogen and oxygen atoms in total. The number of methoxy groups -OCH3 is 1.